The molecular weight excluding hydrogens is 465 g/mol. The van der Waals surface area contributed by atoms with Crippen LogP contribution in [0.4, 0.5) is 18.9 Å². The predicted molar refractivity (Wildman–Crippen MR) is 111 cm³/mol. The Bertz CT molecular complexity index is 1070. The van der Waals surface area contributed by atoms with Crippen LogP contribution in [0.1, 0.15) is 12.8 Å². The lowest BCUT2D eigenvalue weighted by Crippen LogP contribution is -2.40. The Kier molecular flexibility index (Phi) is 7.59. The van der Waals surface area contributed by atoms with Crippen molar-refractivity contribution in [3.8, 4) is 5.75 Å². The van der Waals surface area contributed by atoms with Gasteiger partial charge in [0.1, 0.15) is 5.75 Å². The van der Waals surface area contributed by atoms with Crippen LogP contribution < -0.4 is 10.1 Å². The molecule has 8 nitrogen and oxygen atoms in total. The van der Waals surface area contributed by atoms with Crippen LogP contribution in [-0.2, 0) is 24.3 Å². The number of carbonyl (C=O) groups is 2. The number of ether oxygens (including phenoxy) is 2. The number of halogens is 3. The van der Waals surface area contributed by atoms with Gasteiger partial charge in [-0.15, -0.1) is 13.2 Å². The summed E-state index contributed by atoms with van der Waals surface area (Å²) in [7, 11) is -3.64. The third-order valence-corrected chi connectivity index (χ3v) is 6.80. The summed E-state index contributed by atoms with van der Waals surface area (Å²) in [5.41, 5.74) is 0.199. The van der Waals surface area contributed by atoms with Gasteiger partial charge in [-0.1, -0.05) is 18.2 Å². The molecule has 178 valence electrons. The first-order valence-corrected chi connectivity index (χ1v) is 11.4. The van der Waals surface area contributed by atoms with Crippen LogP contribution in [0.5, 0.6) is 5.75 Å². The summed E-state index contributed by atoms with van der Waals surface area (Å²) in [6.45, 7) is -0.284. The second-order valence-corrected chi connectivity index (χ2v) is 9.16. The normalized spacial score (nSPS) is 15.6. The maximum atomic E-state index is 12.6. The van der Waals surface area contributed by atoms with E-state index in [-0.39, 0.29) is 36.5 Å². The largest absolute Gasteiger partial charge is 0.573 e. The molecule has 1 fully saturated rings. The van der Waals surface area contributed by atoms with Gasteiger partial charge in [0.2, 0.25) is 10.0 Å². The predicted octanol–water partition coefficient (Wildman–Crippen LogP) is 3.17. The number of rotatable bonds is 7. The van der Waals surface area contributed by atoms with Crippen molar-refractivity contribution in [3.05, 3.63) is 54.6 Å². The SMILES string of the molecule is O=C(COC(=O)C1CCN(S(=O)(=O)c2ccccc2)CC1)Nc1ccc(OC(F)(F)F)cc1. The van der Waals surface area contributed by atoms with Crippen molar-refractivity contribution >= 4 is 27.6 Å². The van der Waals surface area contributed by atoms with Gasteiger partial charge < -0.3 is 14.8 Å². The zero-order valence-corrected chi connectivity index (χ0v) is 18.1. The lowest BCUT2D eigenvalue weighted by Gasteiger charge is -2.30. The molecule has 1 aliphatic rings. The highest BCUT2D eigenvalue weighted by Gasteiger charge is 2.33. The van der Waals surface area contributed by atoms with Crippen molar-refractivity contribution in [1.82, 2.24) is 4.31 Å². The molecule has 0 aromatic heterocycles. The number of nitrogens with one attached hydrogen (secondary N) is 1. The Balaban J connectivity index is 1.43. The number of esters is 1. The van der Waals surface area contributed by atoms with Gasteiger partial charge >= 0.3 is 12.3 Å². The van der Waals surface area contributed by atoms with E-state index in [0.717, 1.165) is 12.1 Å². The van der Waals surface area contributed by atoms with E-state index in [2.05, 4.69) is 10.1 Å². The summed E-state index contributed by atoms with van der Waals surface area (Å²) in [5, 5.41) is 2.39. The fraction of sp³-hybridized carbons (Fsp3) is 0.333. The van der Waals surface area contributed by atoms with E-state index in [1.807, 2.05) is 0 Å². The topological polar surface area (TPSA) is 102 Å². The number of alkyl halides is 3. The van der Waals surface area contributed by atoms with Crippen LogP contribution in [-0.4, -0.2) is 50.7 Å². The minimum absolute atomic E-state index is 0.148. The van der Waals surface area contributed by atoms with Crippen LogP contribution in [0.15, 0.2) is 59.5 Å². The molecule has 1 N–H and O–H groups in total. The summed E-state index contributed by atoms with van der Waals surface area (Å²) in [4.78, 5) is 24.4. The van der Waals surface area contributed by atoms with Gasteiger partial charge in [0.15, 0.2) is 6.61 Å². The maximum absolute atomic E-state index is 12.6. The van der Waals surface area contributed by atoms with Crippen molar-refractivity contribution in [2.75, 3.05) is 25.0 Å². The van der Waals surface area contributed by atoms with Gasteiger partial charge in [-0.25, -0.2) is 8.42 Å². The smallest absolute Gasteiger partial charge is 0.455 e. The molecule has 2 aromatic rings. The molecular formula is C21H21F3N2O6S. The van der Waals surface area contributed by atoms with Gasteiger partial charge in [-0.2, -0.15) is 4.31 Å². The van der Waals surface area contributed by atoms with E-state index in [1.165, 1.54) is 28.6 Å². The first-order chi connectivity index (χ1) is 15.5. The minimum Gasteiger partial charge on any atom is -0.455 e. The second kappa shape index (κ2) is 10.2. The van der Waals surface area contributed by atoms with Gasteiger partial charge in [0.05, 0.1) is 10.8 Å². The first kappa shape index (κ1) is 24.5. The number of benzene rings is 2. The third kappa shape index (κ3) is 6.93. The average Bonchev–Trinajstić information content (AvgIpc) is 2.78. The number of sulfonamides is 1. The lowest BCUT2D eigenvalue weighted by molar-refractivity contribution is -0.274. The quantitative estimate of drug-likeness (QED) is 0.604. The highest BCUT2D eigenvalue weighted by molar-refractivity contribution is 7.89. The molecule has 1 saturated heterocycles. The molecule has 0 bridgehead atoms. The molecule has 1 heterocycles. The molecule has 33 heavy (non-hydrogen) atoms. The van der Waals surface area contributed by atoms with Crippen LogP contribution in [0.3, 0.4) is 0 Å². The Morgan fingerprint density at radius 2 is 1.61 bits per heavy atom. The number of piperidine rings is 1. The van der Waals surface area contributed by atoms with E-state index in [1.54, 1.807) is 18.2 Å². The molecule has 0 atom stereocenters. The maximum Gasteiger partial charge on any atom is 0.573 e. The Hall–Kier alpha value is -3.12. The number of amides is 1. The Morgan fingerprint density at radius 1 is 1.00 bits per heavy atom. The molecule has 0 spiro atoms. The lowest BCUT2D eigenvalue weighted by atomic mass is 9.98. The monoisotopic (exact) mass is 486 g/mol. The highest BCUT2D eigenvalue weighted by atomic mass is 32.2. The van der Waals surface area contributed by atoms with Crippen molar-refractivity contribution in [3.63, 3.8) is 0 Å². The van der Waals surface area contributed by atoms with Gasteiger partial charge in [0.25, 0.3) is 5.91 Å². The number of anilines is 1. The Morgan fingerprint density at radius 3 is 2.18 bits per heavy atom. The zero-order chi connectivity index (χ0) is 24.1. The van der Waals surface area contributed by atoms with Crippen LogP contribution in [0, 0.1) is 5.92 Å². The van der Waals surface area contributed by atoms with Crippen molar-refractivity contribution in [1.29, 1.82) is 0 Å². The summed E-state index contributed by atoms with van der Waals surface area (Å²) in [6.07, 6.45) is -4.30. The average molecular weight is 486 g/mol. The van der Waals surface area contributed by atoms with Gasteiger partial charge in [-0.3, -0.25) is 9.59 Å². The molecule has 1 amide bonds. The van der Waals surface area contributed by atoms with Crippen LogP contribution in [0.2, 0.25) is 0 Å². The highest BCUT2D eigenvalue weighted by Crippen LogP contribution is 2.25. The molecule has 3 rings (SSSR count). The van der Waals surface area contributed by atoms with Gasteiger partial charge in [-0.05, 0) is 49.2 Å². The van der Waals surface area contributed by atoms with Crippen molar-refractivity contribution in [2.45, 2.75) is 24.1 Å². The minimum atomic E-state index is -4.82. The Labute approximate surface area is 188 Å². The molecule has 12 heteroatoms. The number of carbonyl (C=O) groups excluding carboxylic acids is 2. The zero-order valence-electron chi connectivity index (χ0n) is 17.2. The van der Waals surface area contributed by atoms with E-state index in [4.69, 9.17) is 4.74 Å². The van der Waals surface area contributed by atoms with E-state index < -0.39 is 46.5 Å². The second-order valence-electron chi connectivity index (χ2n) is 7.22. The molecule has 0 radical (unpaired) electrons. The summed E-state index contributed by atoms with van der Waals surface area (Å²) >= 11 is 0. The van der Waals surface area contributed by atoms with Crippen molar-refractivity contribution < 1.29 is 40.7 Å². The van der Waals surface area contributed by atoms with E-state index in [9.17, 15) is 31.2 Å². The molecule has 0 saturated carbocycles. The summed E-state index contributed by atoms with van der Waals surface area (Å²) < 4.78 is 71.8. The van der Waals surface area contributed by atoms with Crippen molar-refractivity contribution in [2.24, 2.45) is 5.92 Å². The van der Waals surface area contributed by atoms with E-state index >= 15 is 0 Å². The fourth-order valence-electron chi connectivity index (χ4n) is 3.26. The van der Waals surface area contributed by atoms with Crippen LogP contribution >= 0.6 is 0 Å². The number of nitrogens with zero attached hydrogens (tertiary/aromatic N) is 1. The molecule has 2 aromatic carbocycles. The molecule has 0 unspecified atom stereocenters. The first-order valence-electron chi connectivity index (χ1n) is 9.92. The number of hydrogen-bond donors (Lipinski definition) is 1. The number of hydrogen-bond acceptors (Lipinski definition) is 6. The molecule has 1 aliphatic heterocycles. The summed E-state index contributed by atoms with van der Waals surface area (Å²) in [5.74, 6) is -2.26. The summed E-state index contributed by atoms with van der Waals surface area (Å²) in [6, 6.07) is 12.5. The van der Waals surface area contributed by atoms with Crippen LogP contribution in [0.25, 0.3) is 0 Å². The fourth-order valence-corrected chi connectivity index (χ4v) is 4.76. The standard InChI is InChI=1S/C21H21F3N2O6S/c22-21(23,24)32-17-8-6-16(7-9-17)25-19(27)14-31-20(28)15-10-12-26(13-11-15)33(29,30)18-4-2-1-3-5-18/h1-9,15H,10-14H2,(H,25,27). The van der Waals surface area contributed by atoms with E-state index in [0.29, 0.717) is 0 Å². The van der Waals surface area contributed by atoms with Gasteiger partial charge in [0, 0.05) is 18.8 Å². The third-order valence-electron chi connectivity index (χ3n) is 4.89. The molecule has 0 aliphatic carbocycles.